The number of nitrogens with zero attached hydrogens (tertiary/aromatic N) is 4. The van der Waals surface area contributed by atoms with E-state index in [9.17, 15) is 13.2 Å². The van der Waals surface area contributed by atoms with Crippen LogP contribution < -0.4 is 5.69 Å². The minimum absolute atomic E-state index is 0.0696. The molecule has 1 fully saturated rings. The second-order valence-electron chi connectivity index (χ2n) is 7.66. The first-order valence-electron chi connectivity index (χ1n) is 9.88. The van der Waals surface area contributed by atoms with Crippen molar-refractivity contribution in [2.75, 3.05) is 0 Å². The fourth-order valence-corrected chi connectivity index (χ4v) is 5.80. The van der Waals surface area contributed by atoms with Crippen molar-refractivity contribution in [3.05, 3.63) is 59.3 Å². The highest BCUT2D eigenvalue weighted by Gasteiger charge is 2.26. The van der Waals surface area contributed by atoms with E-state index in [2.05, 4.69) is 4.98 Å². The van der Waals surface area contributed by atoms with Crippen molar-refractivity contribution in [2.45, 2.75) is 43.0 Å². The van der Waals surface area contributed by atoms with Gasteiger partial charge in [0.2, 0.25) is 0 Å². The number of hydrogen-bond donors (Lipinski definition) is 0. The van der Waals surface area contributed by atoms with Crippen LogP contribution in [0.25, 0.3) is 22.1 Å². The van der Waals surface area contributed by atoms with Crippen LogP contribution in [0, 0.1) is 0 Å². The molecule has 3 aromatic heterocycles. The van der Waals surface area contributed by atoms with Gasteiger partial charge in [-0.05, 0) is 31.0 Å². The van der Waals surface area contributed by atoms with Gasteiger partial charge >= 0.3 is 5.69 Å². The molecule has 0 saturated heterocycles. The van der Waals surface area contributed by atoms with Crippen molar-refractivity contribution >= 4 is 32.1 Å². The van der Waals surface area contributed by atoms with E-state index in [1.165, 1.54) is 16.6 Å². The first-order chi connectivity index (χ1) is 14.0. The maximum Gasteiger partial charge on any atom is 0.329 e. The van der Waals surface area contributed by atoms with Crippen molar-refractivity contribution < 1.29 is 8.42 Å². The summed E-state index contributed by atoms with van der Waals surface area (Å²) >= 11 is 0. The second-order valence-corrected chi connectivity index (χ2v) is 9.48. The average Bonchev–Trinajstić information content (AvgIpc) is 3.29. The molecule has 5 rings (SSSR count). The van der Waals surface area contributed by atoms with Gasteiger partial charge in [-0.15, -0.1) is 0 Å². The molecule has 0 atom stereocenters. The number of benzene rings is 1. The monoisotopic (exact) mass is 410 g/mol. The molecule has 1 saturated carbocycles. The lowest BCUT2D eigenvalue weighted by Crippen LogP contribution is -2.27. The van der Waals surface area contributed by atoms with Gasteiger partial charge in [-0.25, -0.2) is 22.2 Å². The summed E-state index contributed by atoms with van der Waals surface area (Å²) in [6, 6.07) is 10.2. The minimum atomic E-state index is -3.77. The van der Waals surface area contributed by atoms with Crippen LogP contribution in [0.3, 0.4) is 0 Å². The third-order valence-corrected chi connectivity index (χ3v) is 7.65. The molecule has 1 aliphatic rings. The molecule has 0 unspecified atom stereocenters. The van der Waals surface area contributed by atoms with Gasteiger partial charge in [-0.3, -0.25) is 9.13 Å². The quantitative estimate of drug-likeness (QED) is 0.518. The molecule has 1 aromatic carbocycles. The van der Waals surface area contributed by atoms with Gasteiger partial charge < -0.3 is 0 Å². The lowest BCUT2D eigenvalue weighted by molar-refractivity contribution is 0.351. The van der Waals surface area contributed by atoms with Crippen molar-refractivity contribution in [3.8, 4) is 0 Å². The Bertz CT molecular complexity index is 1370. The highest BCUT2D eigenvalue weighted by atomic mass is 32.2. The van der Waals surface area contributed by atoms with Gasteiger partial charge in [0.05, 0.1) is 22.1 Å². The Labute approximate surface area is 168 Å². The van der Waals surface area contributed by atoms with Gasteiger partial charge in [-0.1, -0.05) is 37.5 Å². The predicted molar refractivity (Wildman–Crippen MR) is 112 cm³/mol. The molecule has 0 N–H and O–H groups in total. The van der Waals surface area contributed by atoms with Gasteiger partial charge in [0, 0.05) is 24.7 Å². The van der Waals surface area contributed by atoms with E-state index in [0.717, 1.165) is 36.7 Å². The first-order valence-corrected chi connectivity index (χ1v) is 11.3. The van der Waals surface area contributed by atoms with Gasteiger partial charge in [0.1, 0.15) is 0 Å². The summed E-state index contributed by atoms with van der Waals surface area (Å²) in [7, 11) is -2.03. The van der Waals surface area contributed by atoms with E-state index in [4.69, 9.17) is 0 Å². The molecule has 0 radical (unpaired) electrons. The third-order valence-electron chi connectivity index (χ3n) is 5.97. The number of rotatable bonds is 3. The Morgan fingerprint density at radius 3 is 2.48 bits per heavy atom. The van der Waals surface area contributed by atoms with Crippen molar-refractivity contribution in [3.63, 3.8) is 0 Å². The Morgan fingerprint density at radius 1 is 1.03 bits per heavy atom. The van der Waals surface area contributed by atoms with Gasteiger partial charge in [0.25, 0.3) is 10.0 Å². The topological polar surface area (TPSA) is 78.9 Å². The number of pyridine rings is 1. The maximum atomic E-state index is 13.2. The molecule has 3 heterocycles. The Morgan fingerprint density at radius 2 is 1.76 bits per heavy atom. The summed E-state index contributed by atoms with van der Waals surface area (Å²) in [4.78, 5) is 17.7. The largest absolute Gasteiger partial charge is 0.329 e. The Balaban J connectivity index is 1.79. The summed E-state index contributed by atoms with van der Waals surface area (Å²) in [5.41, 5.74) is 1.77. The lowest BCUT2D eigenvalue weighted by Gasteiger charge is -2.23. The second kappa shape index (κ2) is 6.59. The molecular formula is C21H22N4O3S. The molecule has 7 nitrogen and oxygen atoms in total. The van der Waals surface area contributed by atoms with E-state index in [1.807, 2.05) is 4.57 Å². The zero-order valence-corrected chi connectivity index (χ0v) is 17.0. The highest BCUT2D eigenvalue weighted by molar-refractivity contribution is 7.90. The van der Waals surface area contributed by atoms with Gasteiger partial charge in [0.15, 0.2) is 5.65 Å². The van der Waals surface area contributed by atoms with Crippen LogP contribution in [0.1, 0.15) is 38.1 Å². The lowest BCUT2D eigenvalue weighted by atomic mass is 9.95. The van der Waals surface area contributed by atoms with Crippen LogP contribution >= 0.6 is 0 Å². The number of hydrogen-bond acceptors (Lipinski definition) is 4. The summed E-state index contributed by atoms with van der Waals surface area (Å²) in [5.74, 6) is 0. The molecule has 4 aromatic rings. The molecular weight excluding hydrogens is 388 g/mol. The molecule has 0 aliphatic heterocycles. The van der Waals surface area contributed by atoms with Crippen molar-refractivity contribution in [1.29, 1.82) is 0 Å². The SMILES string of the molecule is Cn1c(=O)n(C2CCCCC2)c2c3ccn(S(=O)(=O)c4ccccc4)c3ncc21. The zero-order chi connectivity index (χ0) is 20.2. The molecule has 8 heteroatoms. The number of aryl methyl sites for hydroxylation is 1. The van der Waals surface area contributed by atoms with E-state index >= 15 is 0 Å². The van der Waals surface area contributed by atoms with E-state index in [1.54, 1.807) is 54.2 Å². The molecule has 0 spiro atoms. The van der Waals surface area contributed by atoms with E-state index < -0.39 is 10.0 Å². The average molecular weight is 410 g/mol. The third kappa shape index (κ3) is 2.66. The fourth-order valence-electron chi connectivity index (χ4n) is 4.48. The molecule has 29 heavy (non-hydrogen) atoms. The fraction of sp³-hybridized carbons (Fsp3) is 0.333. The standard InChI is InChI=1S/C21H22N4O3S/c1-23-18-14-22-20-17(19(18)25(21(23)26)15-8-4-2-5-9-15)12-13-24(20)29(27,28)16-10-6-3-7-11-16/h3,6-7,10-15H,2,4-5,8-9H2,1H3. The summed E-state index contributed by atoms with van der Waals surface area (Å²) < 4.78 is 31.0. The predicted octanol–water partition coefficient (Wildman–Crippen LogP) is 3.43. The van der Waals surface area contributed by atoms with Crippen molar-refractivity contribution in [2.24, 2.45) is 7.05 Å². The van der Waals surface area contributed by atoms with Crippen LogP contribution in [0.15, 0.2) is 58.5 Å². The zero-order valence-electron chi connectivity index (χ0n) is 16.2. The Hall–Kier alpha value is -2.87. The highest BCUT2D eigenvalue weighted by Crippen LogP contribution is 2.33. The van der Waals surface area contributed by atoms with Crippen LogP contribution in [-0.2, 0) is 17.1 Å². The molecule has 0 amide bonds. The van der Waals surface area contributed by atoms with E-state index in [0.29, 0.717) is 11.0 Å². The maximum absolute atomic E-state index is 13.2. The normalized spacial score (nSPS) is 16.0. The number of fused-ring (bicyclic) bond motifs is 3. The smallest absolute Gasteiger partial charge is 0.293 e. The van der Waals surface area contributed by atoms with Gasteiger partial charge in [-0.2, -0.15) is 0 Å². The summed E-state index contributed by atoms with van der Waals surface area (Å²) in [6.07, 6.45) is 8.46. The van der Waals surface area contributed by atoms with Crippen LogP contribution in [0.4, 0.5) is 0 Å². The summed E-state index contributed by atoms with van der Waals surface area (Å²) in [5, 5.41) is 0.685. The molecule has 0 bridgehead atoms. The first kappa shape index (κ1) is 18.2. The van der Waals surface area contributed by atoms with Crippen LogP contribution in [0.5, 0.6) is 0 Å². The number of imidazole rings is 1. The number of aromatic nitrogens is 4. The van der Waals surface area contributed by atoms with Crippen LogP contribution in [0.2, 0.25) is 0 Å². The Kier molecular flexibility index (Phi) is 4.13. The van der Waals surface area contributed by atoms with Crippen molar-refractivity contribution in [1.82, 2.24) is 18.1 Å². The van der Waals surface area contributed by atoms with Crippen LogP contribution in [-0.4, -0.2) is 26.5 Å². The molecule has 150 valence electrons. The van der Waals surface area contributed by atoms with E-state index in [-0.39, 0.29) is 16.6 Å². The molecule has 1 aliphatic carbocycles. The summed E-state index contributed by atoms with van der Waals surface area (Å²) in [6.45, 7) is 0. The minimum Gasteiger partial charge on any atom is -0.293 e.